The SMILES string of the molecule is COc1nc(Cl)nc(SC(C)C(C)O)n1. The van der Waals surface area contributed by atoms with Gasteiger partial charge < -0.3 is 9.84 Å². The largest absolute Gasteiger partial charge is 0.467 e. The maximum Gasteiger partial charge on any atom is 0.321 e. The Hall–Kier alpha value is -0.590. The van der Waals surface area contributed by atoms with Crippen LogP contribution in [0.2, 0.25) is 5.28 Å². The molecule has 1 N–H and O–H groups in total. The highest BCUT2D eigenvalue weighted by atomic mass is 35.5. The quantitative estimate of drug-likeness (QED) is 0.814. The zero-order valence-electron chi connectivity index (χ0n) is 8.64. The van der Waals surface area contributed by atoms with Crippen molar-refractivity contribution in [2.45, 2.75) is 30.4 Å². The van der Waals surface area contributed by atoms with Gasteiger partial charge in [0.05, 0.1) is 13.2 Å². The molecule has 5 nitrogen and oxygen atoms in total. The summed E-state index contributed by atoms with van der Waals surface area (Å²) in [4.78, 5) is 11.7. The standard InChI is InChI=1S/C8H12ClN3O2S/c1-4(13)5(2)15-8-11-6(9)10-7(12-8)14-3/h4-5,13H,1-3H3. The molecular formula is C8H12ClN3O2S. The summed E-state index contributed by atoms with van der Waals surface area (Å²) in [5, 5.41) is 9.83. The van der Waals surface area contributed by atoms with Gasteiger partial charge in [0.2, 0.25) is 5.28 Å². The second kappa shape index (κ2) is 5.48. The van der Waals surface area contributed by atoms with Crippen LogP contribution in [0.4, 0.5) is 0 Å². The fourth-order valence-electron chi connectivity index (χ4n) is 0.723. The molecule has 1 rings (SSSR count). The summed E-state index contributed by atoms with van der Waals surface area (Å²) in [5.74, 6) is 0. The average Bonchev–Trinajstić information content (AvgIpc) is 2.16. The Morgan fingerprint density at radius 1 is 1.33 bits per heavy atom. The van der Waals surface area contributed by atoms with Crippen LogP contribution in [0.15, 0.2) is 5.16 Å². The van der Waals surface area contributed by atoms with E-state index in [1.165, 1.54) is 18.9 Å². The summed E-state index contributed by atoms with van der Waals surface area (Å²) < 4.78 is 4.86. The number of aliphatic hydroxyl groups is 1. The van der Waals surface area contributed by atoms with Gasteiger partial charge in [-0.15, -0.1) is 0 Å². The van der Waals surface area contributed by atoms with Gasteiger partial charge in [-0.2, -0.15) is 15.0 Å². The fraction of sp³-hybridized carbons (Fsp3) is 0.625. The molecule has 0 spiro atoms. The van der Waals surface area contributed by atoms with Crippen molar-refractivity contribution in [3.8, 4) is 6.01 Å². The van der Waals surface area contributed by atoms with E-state index in [2.05, 4.69) is 15.0 Å². The van der Waals surface area contributed by atoms with Crippen LogP contribution in [0.1, 0.15) is 13.8 Å². The minimum absolute atomic E-state index is 0.0202. The highest BCUT2D eigenvalue weighted by Crippen LogP contribution is 2.23. The van der Waals surface area contributed by atoms with E-state index in [1.54, 1.807) is 6.92 Å². The smallest absolute Gasteiger partial charge is 0.321 e. The molecule has 0 saturated carbocycles. The molecule has 7 heteroatoms. The monoisotopic (exact) mass is 249 g/mol. The Balaban J connectivity index is 2.80. The molecule has 84 valence electrons. The highest BCUT2D eigenvalue weighted by molar-refractivity contribution is 7.99. The van der Waals surface area contributed by atoms with E-state index in [0.717, 1.165) is 0 Å². The minimum atomic E-state index is -0.448. The van der Waals surface area contributed by atoms with Crippen LogP contribution < -0.4 is 4.74 Å². The molecule has 1 aromatic heterocycles. The van der Waals surface area contributed by atoms with Gasteiger partial charge in [-0.3, -0.25) is 0 Å². The molecule has 0 amide bonds. The molecule has 2 unspecified atom stereocenters. The second-order valence-electron chi connectivity index (χ2n) is 2.94. The van der Waals surface area contributed by atoms with Crippen molar-refractivity contribution in [2.24, 2.45) is 0 Å². The molecule has 0 saturated heterocycles. The van der Waals surface area contributed by atoms with Crippen LogP contribution in [0.5, 0.6) is 6.01 Å². The number of hydrogen-bond donors (Lipinski definition) is 1. The minimum Gasteiger partial charge on any atom is -0.467 e. The lowest BCUT2D eigenvalue weighted by atomic mass is 10.3. The zero-order chi connectivity index (χ0) is 11.4. The summed E-state index contributed by atoms with van der Waals surface area (Å²) in [6.45, 7) is 3.58. The second-order valence-corrected chi connectivity index (χ2v) is 4.62. The Labute approximate surface area is 97.2 Å². The van der Waals surface area contributed by atoms with E-state index in [9.17, 15) is 5.11 Å². The van der Waals surface area contributed by atoms with Crippen molar-refractivity contribution in [2.75, 3.05) is 7.11 Å². The first-order valence-corrected chi connectivity index (χ1v) is 5.59. The Bertz CT molecular complexity index is 338. The molecule has 0 aromatic carbocycles. The summed E-state index contributed by atoms with van der Waals surface area (Å²) in [6.07, 6.45) is -0.448. The first-order valence-electron chi connectivity index (χ1n) is 4.33. The Morgan fingerprint density at radius 3 is 2.53 bits per heavy atom. The van der Waals surface area contributed by atoms with E-state index in [-0.39, 0.29) is 16.5 Å². The third-order valence-corrected chi connectivity index (χ3v) is 3.05. The molecule has 1 aromatic rings. The molecule has 15 heavy (non-hydrogen) atoms. The van der Waals surface area contributed by atoms with E-state index in [4.69, 9.17) is 16.3 Å². The van der Waals surface area contributed by atoms with Gasteiger partial charge in [-0.1, -0.05) is 18.7 Å². The number of aliphatic hydroxyl groups excluding tert-OH is 1. The Morgan fingerprint density at radius 2 is 2.00 bits per heavy atom. The molecule has 2 atom stereocenters. The maximum absolute atomic E-state index is 9.32. The number of halogens is 1. The lowest BCUT2D eigenvalue weighted by Crippen LogP contribution is -2.15. The predicted molar refractivity (Wildman–Crippen MR) is 58.4 cm³/mol. The lowest BCUT2D eigenvalue weighted by molar-refractivity contribution is 0.196. The molecule has 1 heterocycles. The Kier molecular flexibility index (Phi) is 4.56. The van der Waals surface area contributed by atoms with Crippen LogP contribution >= 0.6 is 23.4 Å². The number of rotatable bonds is 4. The molecule has 0 radical (unpaired) electrons. The normalized spacial score (nSPS) is 14.7. The van der Waals surface area contributed by atoms with Gasteiger partial charge in [-0.25, -0.2) is 0 Å². The maximum atomic E-state index is 9.32. The third-order valence-electron chi connectivity index (χ3n) is 1.72. The van der Waals surface area contributed by atoms with E-state index < -0.39 is 6.10 Å². The van der Waals surface area contributed by atoms with Crippen LogP contribution in [0.25, 0.3) is 0 Å². The van der Waals surface area contributed by atoms with Gasteiger partial charge in [0.1, 0.15) is 0 Å². The van der Waals surface area contributed by atoms with E-state index >= 15 is 0 Å². The summed E-state index contributed by atoms with van der Waals surface area (Å²) in [5.41, 5.74) is 0. The summed E-state index contributed by atoms with van der Waals surface area (Å²) in [7, 11) is 1.46. The van der Waals surface area contributed by atoms with Gasteiger partial charge in [0.25, 0.3) is 0 Å². The van der Waals surface area contributed by atoms with Crippen LogP contribution in [-0.2, 0) is 0 Å². The van der Waals surface area contributed by atoms with Crippen LogP contribution in [0, 0.1) is 0 Å². The topological polar surface area (TPSA) is 68.1 Å². The molecule has 0 fully saturated rings. The number of nitrogens with zero attached hydrogens (tertiary/aromatic N) is 3. The van der Waals surface area contributed by atoms with Crippen molar-refractivity contribution in [3.63, 3.8) is 0 Å². The van der Waals surface area contributed by atoms with Crippen molar-refractivity contribution in [3.05, 3.63) is 5.28 Å². The van der Waals surface area contributed by atoms with Gasteiger partial charge in [-0.05, 0) is 18.5 Å². The van der Waals surface area contributed by atoms with Crippen molar-refractivity contribution in [1.82, 2.24) is 15.0 Å². The van der Waals surface area contributed by atoms with E-state index in [1.807, 2.05) is 6.92 Å². The molecule has 0 bridgehead atoms. The molecule has 0 aliphatic carbocycles. The van der Waals surface area contributed by atoms with E-state index in [0.29, 0.717) is 5.16 Å². The first kappa shape index (κ1) is 12.5. The third kappa shape index (κ3) is 3.81. The molecule has 0 aliphatic rings. The zero-order valence-corrected chi connectivity index (χ0v) is 10.2. The van der Waals surface area contributed by atoms with Gasteiger partial charge in [0.15, 0.2) is 5.16 Å². The van der Waals surface area contributed by atoms with Crippen LogP contribution in [-0.4, -0.2) is 38.5 Å². The number of ether oxygens (including phenoxy) is 1. The molecule has 0 aliphatic heterocycles. The van der Waals surface area contributed by atoms with Crippen molar-refractivity contribution >= 4 is 23.4 Å². The average molecular weight is 250 g/mol. The number of methoxy groups -OCH3 is 1. The first-order chi connectivity index (χ1) is 7.02. The van der Waals surface area contributed by atoms with Crippen molar-refractivity contribution in [1.29, 1.82) is 0 Å². The summed E-state index contributed by atoms with van der Waals surface area (Å²) >= 11 is 6.99. The van der Waals surface area contributed by atoms with Crippen molar-refractivity contribution < 1.29 is 9.84 Å². The van der Waals surface area contributed by atoms with Crippen LogP contribution in [0.3, 0.4) is 0 Å². The number of thioether (sulfide) groups is 1. The highest BCUT2D eigenvalue weighted by Gasteiger charge is 2.14. The number of hydrogen-bond acceptors (Lipinski definition) is 6. The summed E-state index contributed by atoms with van der Waals surface area (Å²) in [6, 6.07) is 0.176. The van der Waals surface area contributed by atoms with Gasteiger partial charge in [0, 0.05) is 5.25 Å². The molecular weight excluding hydrogens is 238 g/mol. The lowest BCUT2D eigenvalue weighted by Gasteiger charge is -2.12. The number of aromatic nitrogens is 3. The van der Waals surface area contributed by atoms with Gasteiger partial charge >= 0.3 is 6.01 Å². The predicted octanol–water partition coefficient (Wildman–Crippen LogP) is 1.39. The fourth-order valence-corrected chi connectivity index (χ4v) is 1.73.